The van der Waals surface area contributed by atoms with Crippen molar-refractivity contribution in [2.75, 3.05) is 13.1 Å². The molecule has 1 fully saturated rings. The average Bonchev–Trinajstić information content (AvgIpc) is 3.07. The van der Waals surface area contributed by atoms with Gasteiger partial charge in [0, 0.05) is 6.54 Å². The molecule has 7 nitrogen and oxygen atoms in total. The van der Waals surface area contributed by atoms with Crippen molar-refractivity contribution in [1.82, 2.24) is 9.80 Å². The summed E-state index contributed by atoms with van der Waals surface area (Å²) in [6, 6.07) is 10.5. The number of amides is 3. The average molecular weight is 464 g/mol. The van der Waals surface area contributed by atoms with E-state index in [4.69, 9.17) is 0 Å². The molecule has 8 heteroatoms. The molecular weight excluding hydrogens is 439 g/mol. The molecule has 3 aliphatic rings. The number of fused-ring (bicyclic) bond motifs is 2. The van der Waals surface area contributed by atoms with E-state index in [9.17, 15) is 28.7 Å². The van der Waals surface area contributed by atoms with E-state index >= 15 is 0 Å². The molecule has 0 saturated heterocycles. The van der Waals surface area contributed by atoms with Gasteiger partial charge in [0.15, 0.2) is 0 Å². The van der Waals surface area contributed by atoms with Gasteiger partial charge in [-0.1, -0.05) is 37.1 Å². The lowest BCUT2D eigenvalue weighted by atomic mass is 9.77. The molecule has 0 aromatic heterocycles. The largest absolute Gasteiger partial charge is 0.481 e. The van der Waals surface area contributed by atoms with Crippen LogP contribution in [0.25, 0.3) is 0 Å². The summed E-state index contributed by atoms with van der Waals surface area (Å²) in [7, 11) is 0. The number of hydrogen-bond acceptors (Lipinski definition) is 4. The third-order valence-electron chi connectivity index (χ3n) is 7.38. The summed E-state index contributed by atoms with van der Waals surface area (Å²) in [5, 5.41) is 9.70. The highest BCUT2D eigenvalue weighted by molar-refractivity contribution is 6.21. The van der Waals surface area contributed by atoms with Crippen LogP contribution in [0, 0.1) is 17.7 Å². The number of halogens is 1. The highest BCUT2D eigenvalue weighted by Crippen LogP contribution is 2.38. The zero-order valence-electron chi connectivity index (χ0n) is 18.6. The van der Waals surface area contributed by atoms with Crippen molar-refractivity contribution in [1.29, 1.82) is 0 Å². The van der Waals surface area contributed by atoms with E-state index in [0.717, 1.165) is 41.0 Å². The van der Waals surface area contributed by atoms with Crippen LogP contribution in [-0.4, -0.2) is 51.7 Å². The first-order valence-corrected chi connectivity index (χ1v) is 11.6. The standard InChI is InChI=1S/C26H25FN2O5/c27-16-9-10-19-21(13-16)25(32)29(24(19)31)14-22-17-6-2-1-5-15(17)11-12-28(22)23(30)18-7-3-4-8-20(18)26(33)34/h1-2,5-6,9-10,13,18,20,22H,3-4,7-8,11-12,14H2,(H,33,34)/t18-,20+,22?/m1/s1. The smallest absolute Gasteiger partial charge is 0.307 e. The van der Waals surface area contributed by atoms with Crippen LogP contribution in [0.5, 0.6) is 0 Å². The van der Waals surface area contributed by atoms with E-state index in [1.54, 1.807) is 4.90 Å². The fourth-order valence-corrected chi connectivity index (χ4v) is 5.65. The maximum atomic E-state index is 13.7. The van der Waals surface area contributed by atoms with Crippen LogP contribution < -0.4 is 0 Å². The van der Waals surface area contributed by atoms with Gasteiger partial charge in [0.1, 0.15) is 5.82 Å². The molecule has 3 amide bonds. The second-order valence-electron chi connectivity index (χ2n) is 9.24. The van der Waals surface area contributed by atoms with Gasteiger partial charge >= 0.3 is 5.97 Å². The third-order valence-corrected chi connectivity index (χ3v) is 7.38. The Hall–Kier alpha value is -3.55. The first-order valence-electron chi connectivity index (χ1n) is 11.6. The van der Waals surface area contributed by atoms with Crippen LogP contribution in [0.4, 0.5) is 4.39 Å². The Morgan fingerprint density at radius 1 is 0.971 bits per heavy atom. The molecule has 176 valence electrons. The van der Waals surface area contributed by atoms with E-state index < -0.39 is 41.5 Å². The Morgan fingerprint density at radius 2 is 1.68 bits per heavy atom. The Morgan fingerprint density at radius 3 is 2.44 bits per heavy atom. The van der Waals surface area contributed by atoms with E-state index in [0.29, 0.717) is 25.8 Å². The molecule has 1 N–H and O–H groups in total. The number of aliphatic carboxylic acids is 1. The summed E-state index contributed by atoms with van der Waals surface area (Å²) in [5.41, 5.74) is 2.03. The Bertz CT molecular complexity index is 1200. The monoisotopic (exact) mass is 464 g/mol. The van der Waals surface area contributed by atoms with Gasteiger partial charge in [0.25, 0.3) is 11.8 Å². The van der Waals surface area contributed by atoms with Crippen LogP contribution in [0.1, 0.15) is 63.6 Å². The van der Waals surface area contributed by atoms with Crippen molar-refractivity contribution in [3.63, 3.8) is 0 Å². The molecule has 34 heavy (non-hydrogen) atoms. The molecule has 1 saturated carbocycles. The number of rotatable bonds is 4. The number of carboxylic acid groups (broad SMARTS) is 1. The van der Waals surface area contributed by atoms with Crippen molar-refractivity contribution in [3.8, 4) is 0 Å². The second-order valence-corrected chi connectivity index (χ2v) is 9.24. The summed E-state index contributed by atoms with van der Waals surface area (Å²) >= 11 is 0. The van der Waals surface area contributed by atoms with Crippen molar-refractivity contribution >= 4 is 23.7 Å². The predicted molar refractivity (Wildman–Crippen MR) is 119 cm³/mol. The normalized spacial score (nSPS) is 24.1. The zero-order chi connectivity index (χ0) is 24.0. The molecule has 2 aromatic rings. The lowest BCUT2D eigenvalue weighted by molar-refractivity contribution is -0.153. The first-order chi connectivity index (χ1) is 16.4. The number of nitrogens with zero attached hydrogens (tertiary/aromatic N) is 2. The first kappa shape index (κ1) is 22.3. The van der Waals surface area contributed by atoms with Gasteiger partial charge < -0.3 is 10.0 Å². The molecule has 1 unspecified atom stereocenters. The zero-order valence-corrected chi connectivity index (χ0v) is 18.6. The number of carboxylic acids is 1. The van der Waals surface area contributed by atoms with E-state index in [2.05, 4.69) is 0 Å². The quantitative estimate of drug-likeness (QED) is 0.700. The topological polar surface area (TPSA) is 95.0 Å². The minimum atomic E-state index is -0.964. The van der Waals surface area contributed by atoms with Gasteiger partial charge in [-0.3, -0.25) is 24.1 Å². The highest BCUT2D eigenvalue weighted by atomic mass is 19.1. The van der Waals surface area contributed by atoms with Gasteiger partial charge in [0.2, 0.25) is 5.91 Å². The van der Waals surface area contributed by atoms with Crippen molar-refractivity contribution < 1.29 is 28.7 Å². The molecule has 2 aromatic carbocycles. The highest BCUT2D eigenvalue weighted by Gasteiger charge is 2.44. The van der Waals surface area contributed by atoms with Crippen LogP contribution >= 0.6 is 0 Å². The lowest BCUT2D eigenvalue weighted by Gasteiger charge is -2.42. The maximum Gasteiger partial charge on any atom is 0.307 e. The van der Waals surface area contributed by atoms with Crippen molar-refractivity contribution in [3.05, 3.63) is 70.5 Å². The number of hydrogen-bond donors (Lipinski definition) is 1. The minimum Gasteiger partial charge on any atom is -0.481 e. The van der Waals surface area contributed by atoms with Gasteiger partial charge in [-0.15, -0.1) is 0 Å². The fourth-order valence-electron chi connectivity index (χ4n) is 5.65. The van der Waals surface area contributed by atoms with Crippen LogP contribution in [0.15, 0.2) is 42.5 Å². The van der Waals surface area contributed by atoms with E-state index in [1.807, 2.05) is 24.3 Å². The van der Waals surface area contributed by atoms with Crippen LogP contribution in [0.3, 0.4) is 0 Å². The number of carbonyl (C=O) groups excluding carboxylic acids is 3. The van der Waals surface area contributed by atoms with Crippen molar-refractivity contribution in [2.45, 2.75) is 38.1 Å². The predicted octanol–water partition coefficient (Wildman–Crippen LogP) is 3.44. The third kappa shape index (κ3) is 3.67. The Kier molecular flexibility index (Phi) is 5.67. The summed E-state index contributed by atoms with van der Waals surface area (Å²) < 4.78 is 13.7. The molecule has 1 aliphatic carbocycles. The van der Waals surface area contributed by atoms with Crippen molar-refractivity contribution in [2.24, 2.45) is 11.8 Å². The number of imide groups is 1. The molecule has 0 bridgehead atoms. The van der Waals surface area contributed by atoms with Crippen LogP contribution in [0.2, 0.25) is 0 Å². The molecule has 2 aliphatic heterocycles. The van der Waals surface area contributed by atoms with E-state index in [-0.39, 0.29) is 23.6 Å². The molecule has 0 spiro atoms. The molecule has 5 rings (SSSR count). The molecule has 2 heterocycles. The Labute approximate surface area is 196 Å². The van der Waals surface area contributed by atoms with E-state index in [1.165, 1.54) is 6.07 Å². The lowest BCUT2D eigenvalue weighted by Crippen LogP contribution is -2.50. The number of carbonyl (C=O) groups is 4. The van der Waals surface area contributed by atoms with Gasteiger partial charge in [0.05, 0.1) is 35.5 Å². The Balaban J connectivity index is 1.49. The SMILES string of the molecule is O=C(O)[C@H]1CCCC[C@H]1C(=O)N1CCc2ccccc2C1CN1C(=O)c2ccc(F)cc2C1=O. The molecule has 0 radical (unpaired) electrons. The second kappa shape index (κ2) is 8.66. The van der Waals surface area contributed by atoms with Gasteiger partial charge in [-0.2, -0.15) is 0 Å². The molecule has 3 atom stereocenters. The minimum absolute atomic E-state index is 0.0187. The summed E-state index contributed by atoms with van der Waals surface area (Å²) in [4.78, 5) is 54.3. The van der Waals surface area contributed by atoms with Gasteiger partial charge in [-0.05, 0) is 48.6 Å². The summed E-state index contributed by atoms with van der Waals surface area (Å²) in [5.74, 6) is -4.27. The molecular formula is C26H25FN2O5. The van der Waals surface area contributed by atoms with Crippen LogP contribution in [-0.2, 0) is 16.0 Å². The summed E-state index contributed by atoms with van der Waals surface area (Å²) in [6.07, 6.45) is 3.14. The number of benzene rings is 2. The summed E-state index contributed by atoms with van der Waals surface area (Å²) in [6.45, 7) is 0.308. The fraction of sp³-hybridized carbons (Fsp3) is 0.385. The van der Waals surface area contributed by atoms with Gasteiger partial charge in [-0.25, -0.2) is 4.39 Å². The maximum absolute atomic E-state index is 13.7.